The molecule has 0 spiro atoms. The average molecular weight is 463 g/mol. The number of aromatic nitrogens is 6. The molecule has 0 saturated heterocycles. The van der Waals surface area contributed by atoms with Gasteiger partial charge in [-0.25, -0.2) is 8.91 Å². The summed E-state index contributed by atoms with van der Waals surface area (Å²) in [5, 5.41) is 36.6. The molecule has 1 atom stereocenters. The fourth-order valence-electron chi connectivity index (χ4n) is 3.20. The maximum absolute atomic E-state index is 14.1. The van der Waals surface area contributed by atoms with E-state index in [4.69, 9.17) is 5.26 Å². The Kier molecular flexibility index (Phi) is 5.95. The molecule has 34 heavy (non-hydrogen) atoms. The van der Waals surface area contributed by atoms with Crippen LogP contribution in [0.2, 0.25) is 0 Å². The minimum Gasteiger partial charge on any atom is -0.387 e. The Bertz CT molecular complexity index is 1400. The molecule has 0 radical (unpaired) electrons. The second-order valence-corrected chi connectivity index (χ2v) is 8.26. The van der Waals surface area contributed by atoms with Gasteiger partial charge in [0.25, 0.3) is 5.91 Å². The van der Waals surface area contributed by atoms with Crippen molar-refractivity contribution in [1.29, 1.82) is 5.26 Å². The molecule has 0 aliphatic heterocycles. The van der Waals surface area contributed by atoms with E-state index in [0.29, 0.717) is 34.0 Å². The van der Waals surface area contributed by atoms with E-state index in [1.807, 2.05) is 0 Å². The second kappa shape index (κ2) is 8.87. The first-order valence-electron chi connectivity index (χ1n) is 10.3. The molecular formula is C22H22FN9O2. The first-order chi connectivity index (χ1) is 16.2. The topological polar surface area (TPSA) is 146 Å². The highest BCUT2D eigenvalue weighted by atomic mass is 19.1. The van der Waals surface area contributed by atoms with Crippen LogP contribution in [0, 0.1) is 11.3 Å². The summed E-state index contributed by atoms with van der Waals surface area (Å²) in [6.45, 7) is 2.29. The van der Waals surface area contributed by atoms with E-state index >= 15 is 0 Å². The van der Waals surface area contributed by atoms with E-state index in [1.54, 1.807) is 42.0 Å². The highest BCUT2D eigenvalue weighted by Gasteiger charge is 2.27. The zero-order valence-corrected chi connectivity index (χ0v) is 18.7. The van der Waals surface area contributed by atoms with Crippen LogP contribution in [0.4, 0.5) is 15.9 Å². The molecule has 4 aromatic rings. The van der Waals surface area contributed by atoms with Crippen molar-refractivity contribution in [2.45, 2.75) is 25.6 Å². The summed E-state index contributed by atoms with van der Waals surface area (Å²) in [6, 6.07) is 9.01. The Morgan fingerprint density at radius 3 is 2.79 bits per heavy atom. The second-order valence-electron chi connectivity index (χ2n) is 8.26. The normalized spacial score (nSPS) is 12.4. The number of nitriles is 1. The fourth-order valence-corrected chi connectivity index (χ4v) is 3.20. The molecule has 0 fully saturated rings. The number of hydrogen-bond acceptors (Lipinski definition) is 8. The summed E-state index contributed by atoms with van der Waals surface area (Å²) in [5.74, 6) is -0.181. The number of alkyl halides is 1. The molecule has 0 bridgehead atoms. The molecule has 4 aromatic heterocycles. The number of halogens is 1. The average Bonchev–Trinajstić information content (AvgIpc) is 3.41. The van der Waals surface area contributed by atoms with Crippen molar-refractivity contribution in [1.82, 2.24) is 34.9 Å². The number of nitrogens with one attached hydrogen (secondary N) is 2. The minimum atomic E-state index is -1.66. The molecule has 3 N–H and O–H groups in total. The van der Waals surface area contributed by atoms with Gasteiger partial charge in [-0.1, -0.05) is 5.21 Å². The van der Waals surface area contributed by atoms with Crippen LogP contribution < -0.4 is 10.6 Å². The predicted octanol–water partition coefficient (Wildman–Crippen LogP) is 1.98. The molecule has 0 aliphatic rings. The van der Waals surface area contributed by atoms with Crippen LogP contribution in [0.5, 0.6) is 0 Å². The van der Waals surface area contributed by atoms with Crippen LogP contribution in [-0.4, -0.2) is 58.9 Å². The first-order valence-corrected chi connectivity index (χ1v) is 10.3. The molecular weight excluding hydrogens is 441 g/mol. The number of fused-ring (bicyclic) bond motifs is 1. The third kappa shape index (κ3) is 4.69. The minimum absolute atomic E-state index is 0.151. The first kappa shape index (κ1) is 22.8. The van der Waals surface area contributed by atoms with Crippen molar-refractivity contribution >= 4 is 22.9 Å². The molecule has 0 aliphatic carbocycles. The Morgan fingerprint density at radius 1 is 1.32 bits per heavy atom. The number of rotatable bonds is 7. The maximum Gasteiger partial charge on any atom is 0.255 e. The largest absolute Gasteiger partial charge is 0.387 e. The number of carbonyl (C=O) groups is 1. The summed E-state index contributed by atoms with van der Waals surface area (Å²) < 4.78 is 17.3. The summed E-state index contributed by atoms with van der Waals surface area (Å²) in [6.07, 6.45) is 2.79. The number of carbonyl (C=O) groups excluding carboxylic acids is 1. The summed E-state index contributed by atoms with van der Waals surface area (Å²) in [5.41, 5.74) is 1.20. The van der Waals surface area contributed by atoms with Crippen molar-refractivity contribution < 1.29 is 14.3 Å². The standard InChI is InChI=1S/C22H22FN9O2/c1-22(2,34)19(23)11-26-21(33)15-10-25-17(7-16(15)28-20-12-31(3)30-29-20)18-5-4-14-6-13(8-24)9-27-32(14)18/h4-7,9-10,12,19,34H,11H2,1-3H3,(H,25,28)(H,26,33)/t19-/m1/s1. The van der Waals surface area contributed by atoms with Gasteiger partial charge in [-0.2, -0.15) is 10.4 Å². The number of hydrogen-bond donors (Lipinski definition) is 3. The number of anilines is 2. The third-order valence-electron chi connectivity index (χ3n) is 5.11. The molecule has 4 heterocycles. The van der Waals surface area contributed by atoms with Crippen LogP contribution in [0.1, 0.15) is 29.8 Å². The van der Waals surface area contributed by atoms with Gasteiger partial charge in [0.05, 0.1) is 58.3 Å². The molecule has 12 heteroatoms. The third-order valence-corrected chi connectivity index (χ3v) is 5.11. The molecule has 0 saturated carbocycles. The number of aryl methyl sites for hydroxylation is 1. The molecule has 11 nitrogen and oxygen atoms in total. The van der Waals surface area contributed by atoms with Crippen LogP contribution in [0.15, 0.2) is 42.9 Å². The highest BCUT2D eigenvalue weighted by molar-refractivity contribution is 6.00. The molecule has 4 rings (SSSR count). The fraction of sp³-hybridized carbons (Fsp3) is 0.273. The van der Waals surface area contributed by atoms with Gasteiger partial charge in [0.1, 0.15) is 12.2 Å². The van der Waals surface area contributed by atoms with E-state index in [0.717, 1.165) is 0 Å². The summed E-state index contributed by atoms with van der Waals surface area (Å²) in [7, 11) is 1.70. The lowest BCUT2D eigenvalue weighted by atomic mass is 10.0. The van der Waals surface area contributed by atoms with E-state index in [-0.39, 0.29) is 12.1 Å². The number of amides is 1. The van der Waals surface area contributed by atoms with Gasteiger partial charge < -0.3 is 15.7 Å². The lowest BCUT2D eigenvalue weighted by Crippen LogP contribution is -2.42. The highest BCUT2D eigenvalue weighted by Crippen LogP contribution is 2.27. The van der Waals surface area contributed by atoms with Crippen molar-refractivity contribution in [2.24, 2.45) is 7.05 Å². The van der Waals surface area contributed by atoms with Gasteiger partial charge in [-0.3, -0.25) is 14.5 Å². The summed E-state index contributed by atoms with van der Waals surface area (Å²) in [4.78, 5) is 17.3. The molecule has 174 valence electrons. The van der Waals surface area contributed by atoms with Gasteiger partial charge in [0.15, 0.2) is 5.82 Å². The van der Waals surface area contributed by atoms with Crippen molar-refractivity contribution in [3.63, 3.8) is 0 Å². The maximum atomic E-state index is 14.1. The van der Waals surface area contributed by atoms with Crippen molar-refractivity contribution in [3.05, 3.63) is 54.0 Å². The number of nitrogens with zero attached hydrogens (tertiary/aromatic N) is 7. The smallest absolute Gasteiger partial charge is 0.255 e. The monoisotopic (exact) mass is 463 g/mol. The van der Waals surface area contributed by atoms with Gasteiger partial charge in [-0.15, -0.1) is 5.10 Å². The van der Waals surface area contributed by atoms with Crippen molar-refractivity contribution in [2.75, 3.05) is 11.9 Å². The van der Waals surface area contributed by atoms with E-state index < -0.39 is 17.7 Å². The molecule has 1 amide bonds. The van der Waals surface area contributed by atoms with Gasteiger partial charge in [0, 0.05) is 13.2 Å². The van der Waals surface area contributed by atoms with Gasteiger partial charge >= 0.3 is 0 Å². The molecule has 0 aromatic carbocycles. The van der Waals surface area contributed by atoms with E-state index in [1.165, 1.54) is 30.9 Å². The number of aliphatic hydroxyl groups is 1. The van der Waals surface area contributed by atoms with Crippen LogP contribution >= 0.6 is 0 Å². The van der Waals surface area contributed by atoms with Crippen LogP contribution in [-0.2, 0) is 7.05 Å². The van der Waals surface area contributed by atoms with Crippen molar-refractivity contribution in [3.8, 4) is 17.5 Å². The Labute approximate surface area is 193 Å². The van der Waals surface area contributed by atoms with E-state index in [9.17, 15) is 14.3 Å². The predicted molar refractivity (Wildman–Crippen MR) is 121 cm³/mol. The van der Waals surface area contributed by atoms with Crippen LogP contribution in [0.25, 0.3) is 16.9 Å². The van der Waals surface area contributed by atoms with Gasteiger partial charge in [0.2, 0.25) is 0 Å². The quantitative estimate of drug-likeness (QED) is 0.377. The van der Waals surface area contributed by atoms with Gasteiger partial charge in [-0.05, 0) is 38.1 Å². The SMILES string of the molecule is Cn1cc(Nc2cc(-c3ccc4cc(C#N)cnn34)ncc2C(=O)NC[C@@H](F)C(C)(C)O)nn1. The Hall–Kier alpha value is -4.37. The zero-order chi connectivity index (χ0) is 24.5. The number of pyridine rings is 1. The zero-order valence-electron chi connectivity index (χ0n) is 18.7. The summed E-state index contributed by atoms with van der Waals surface area (Å²) >= 11 is 0. The Balaban J connectivity index is 1.70. The molecule has 0 unspecified atom stereocenters. The lowest BCUT2D eigenvalue weighted by molar-refractivity contribution is -0.00177. The Morgan fingerprint density at radius 2 is 2.12 bits per heavy atom. The lowest BCUT2D eigenvalue weighted by Gasteiger charge is -2.22. The van der Waals surface area contributed by atoms with E-state index in [2.05, 4.69) is 37.1 Å². The van der Waals surface area contributed by atoms with Crippen LogP contribution in [0.3, 0.4) is 0 Å².